The van der Waals surface area contributed by atoms with Crippen molar-refractivity contribution in [1.82, 2.24) is 9.88 Å². The van der Waals surface area contributed by atoms with Gasteiger partial charge in [-0.3, -0.25) is 9.59 Å². The van der Waals surface area contributed by atoms with Gasteiger partial charge in [0.25, 0.3) is 5.91 Å². The van der Waals surface area contributed by atoms with Crippen molar-refractivity contribution in [3.05, 3.63) is 69.1 Å². The number of hydrogen-bond acceptors (Lipinski definition) is 2. The number of likely N-dealkylation sites (tertiary alicyclic amines) is 1. The number of H-pyrrole nitrogens is 1. The Bertz CT molecular complexity index is 787. The van der Waals surface area contributed by atoms with Gasteiger partial charge in [-0.15, -0.1) is 0 Å². The van der Waals surface area contributed by atoms with Gasteiger partial charge >= 0.3 is 0 Å². The molecule has 1 saturated heterocycles. The number of amides is 1. The van der Waals surface area contributed by atoms with E-state index in [1.54, 1.807) is 6.92 Å². The second-order valence-electron chi connectivity index (χ2n) is 7.08. The van der Waals surface area contributed by atoms with Gasteiger partial charge < -0.3 is 9.88 Å². The van der Waals surface area contributed by atoms with Crippen LogP contribution in [0.5, 0.6) is 0 Å². The molecule has 1 fully saturated rings. The Morgan fingerprint density at radius 2 is 1.84 bits per heavy atom. The highest BCUT2D eigenvalue weighted by atomic mass is 16.2. The summed E-state index contributed by atoms with van der Waals surface area (Å²) >= 11 is 0. The third kappa shape index (κ3) is 4.19. The molecule has 1 N–H and O–H groups in total. The summed E-state index contributed by atoms with van der Waals surface area (Å²) in [6.45, 7) is 5.12. The minimum atomic E-state index is -0.176. The van der Waals surface area contributed by atoms with E-state index < -0.39 is 0 Å². The second kappa shape index (κ2) is 7.68. The van der Waals surface area contributed by atoms with Gasteiger partial charge in [0.05, 0.1) is 0 Å². The fourth-order valence-corrected chi connectivity index (χ4v) is 3.71. The molecule has 0 atom stereocenters. The number of carbonyl (C=O) groups excluding carboxylic acids is 1. The summed E-state index contributed by atoms with van der Waals surface area (Å²) in [5.74, 6) is 0.530. The number of carbonyl (C=O) groups is 1. The van der Waals surface area contributed by atoms with Crippen LogP contribution in [-0.4, -0.2) is 28.9 Å². The molecule has 2 aromatic rings. The summed E-state index contributed by atoms with van der Waals surface area (Å²) in [5, 5.41) is 0. The van der Waals surface area contributed by atoms with E-state index in [0.717, 1.165) is 44.5 Å². The number of benzene rings is 1. The van der Waals surface area contributed by atoms with Crippen LogP contribution in [0, 0.1) is 19.8 Å². The molecule has 25 heavy (non-hydrogen) atoms. The van der Waals surface area contributed by atoms with E-state index in [4.69, 9.17) is 0 Å². The number of nitrogens with zero attached hydrogens (tertiary/aromatic N) is 1. The minimum Gasteiger partial charge on any atom is -0.362 e. The maximum absolute atomic E-state index is 12.7. The molecule has 0 spiro atoms. The maximum atomic E-state index is 12.7. The van der Waals surface area contributed by atoms with Crippen LogP contribution < -0.4 is 5.43 Å². The molecule has 1 amide bonds. The number of aryl methyl sites for hydroxylation is 3. The first-order valence-corrected chi connectivity index (χ1v) is 9.08. The quantitative estimate of drug-likeness (QED) is 0.928. The smallest absolute Gasteiger partial charge is 0.259 e. The second-order valence-corrected chi connectivity index (χ2v) is 7.08. The van der Waals surface area contributed by atoms with Crippen molar-refractivity contribution in [2.45, 2.75) is 39.5 Å². The lowest BCUT2D eigenvalue weighted by molar-refractivity contribution is 0.0684. The summed E-state index contributed by atoms with van der Waals surface area (Å²) in [6, 6.07) is 12.1. The molecule has 4 heteroatoms. The normalized spacial score (nSPS) is 15.4. The fourth-order valence-electron chi connectivity index (χ4n) is 3.71. The van der Waals surface area contributed by atoms with E-state index in [-0.39, 0.29) is 11.3 Å². The van der Waals surface area contributed by atoms with Crippen LogP contribution in [0.25, 0.3) is 0 Å². The predicted octanol–water partition coefficient (Wildman–Crippen LogP) is 3.48. The molecule has 2 heterocycles. The van der Waals surface area contributed by atoms with Gasteiger partial charge in [-0.05, 0) is 51.0 Å². The van der Waals surface area contributed by atoms with Crippen molar-refractivity contribution in [3.63, 3.8) is 0 Å². The molecule has 4 nitrogen and oxygen atoms in total. The molecule has 1 aliphatic heterocycles. The first-order chi connectivity index (χ1) is 12.0. The van der Waals surface area contributed by atoms with Crippen LogP contribution >= 0.6 is 0 Å². The average molecular weight is 338 g/mol. The number of rotatable bonds is 4. The highest BCUT2D eigenvalue weighted by Gasteiger charge is 2.26. The van der Waals surface area contributed by atoms with E-state index in [2.05, 4.69) is 29.2 Å². The highest BCUT2D eigenvalue weighted by Crippen LogP contribution is 2.23. The van der Waals surface area contributed by atoms with Gasteiger partial charge in [0.15, 0.2) is 5.43 Å². The molecule has 3 rings (SSSR count). The zero-order valence-electron chi connectivity index (χ0n) is 15.0. The van der Waals surface area contributed by atoms with Crippen LogP contribution in [0.1, 0.15) is 46.6 Å². The number of piperidine rings is 1. The molecule has 132 valence electrons. The van der Waals surface area contributed by atoms with E-state index >= 15 is 0 Å². The first-order valence-electron chi connectivity index (χ1n) is 9.08. The van der Waals surface area contributed by atoms with Crippen LogP contribution in [0.15, 0.2) is 41.2 Å². The molecule has 1 aliphatic rings. The molecular formula is C21H26N2O2. The zero-order valence-corrected chi connectivity index (χ0v) is 15.0. The molecule has 0 radical (unpaired) electrons. The van der Waals surface area contributed by atoms with Gasteiger partial charge in [0, 0.05) is 30.5 Å². The van der Waals surface area contributed by atoms with Gasteiger partial charge in [0.2, 0.25) is 0 Å². The number of aromatic amines is 1. The molecule has 0 bridgehead atoms. The monoisotopic (exact) mass is 338 g/mol. The van der Waals surface area contributed by atoms with Gasteiger partial charge in [-0.2, -0.15) is 0 Å². The summed E-state index contributed by atoms with van der Waals surface area (Å²) in [4.78, 5) is 29.9. The Hall–Kier alpha value is -2.36. The van der Waals surface area contributed by atoms with E-state index in [1.165, 1.54) is 11.6 Å². The maximum Gasteiger partial charge on any atom is 0.259 e. The topological polar surface area (TPSA) is 53.2 Å². The Morgan fingerprint density at radius 3 is 2.48 bits per heavy atom. The SMILES string of the molecule is Cc1cc(=O)c(C(=O)N2CCC(CCc3ccccc3)CC2)c(C)[nH]1. The van der Waals surface area contributed by atoms with Crippen molar-refractivity contribution in [2.24, 2.45) is 5.92 Å². The minimum absolute atomic E-state index is 0.125. The summed E-state index contributed by atoms with van der Waals surface area (Å²) in [7, 11) is 0. The lowest BCUT2D eigenvalue weighted by atomic mass is 9.90. The fraction of sp³-hybridized carbons (Fsp3) is 0.429. The Morgan fingerprint density at radius 1 is 1.16 bits per heavy atom. The van der Waals surface area contributed by atoms with E-state index in [1.807, 2.05) is 17.9 Å². The van der Waals surface area contributed by atoms with Crippen molar-refractivity contribution in [2.75, 3.05) is 13.1 Å². The third-order valence-corrected chi connectivity index (χ3v) is 5.15. The van der Waals surface area contributed by atoms with Gasteiger partial charge in [-0.25, -0.2) is 0 Å². The third-order valence-electron chi connectivity index (χ3n) is 5.15. The van der Waals surface area contributed by atoms with Gasteiger partial charge in [0.1, 0.15) is 5.56 Å². The number of aromatic nitrogens is 1. The molecule has 1 aromatic carbocycles. The Kier molecular flexibility index (Phi) is 5.37. The zero-order chi connectivity index (χ0) is 17.8. The molecule has 1 aromatic heterocycles. The summed E-state index contributed by atoms with van der Waals surface area (Å²) < 4.78 is 0. The average Bonchev–Trinajstić information content (AvgIpc) is 2.60. The largest absolute Gasteiger partial charge is 0.362 e. The van der Waals surface area contributed by atoms with Crippen LogP contribution in [0.4, 0.5) is 0 Å². The number of hydrogen-bond donors (Lipinski definition) is 1. The van der Waals surface area contributed by atoms with Crippen molar-refractivity contribution in [1.29, 1.82) is 0 Å². The van der Waals surface area contributed by atoms with E-state index in [0.29, 0.717) is 17.2 Å². The number of nitrogens with one attached hydrogen (secondary N) is 1. The summed E-state index contributed by atoms with van der Waals surface area (Å²) in [6.07, 6.45) is 4.29. The summed E-state index contributed by atoms with van der Waals surface area (Å²) in [5.41, 5.74) is 2.96. The Labute approximate surface area is 148 Å². The van der Waals surface area contributed by atoms with Crippen LogP contribution in [0.2, 0.25) is 0 Å². The van der Waals surface area contributed by atoms with Crippen molar-refractivity contribution >= 4 is 5.91 Å². The lowest BCUT2D eigenvalue weighted by Gasteiger charge is -2.32. The van der Waals surface area contributed by atoms with Crippen LogP contribution in [0.3, 0.4) is 0 Å². The number of pyridine rings is 1. The van der Waals surface area contributed by atoms with E-state index in [9.17, 15) is 9.59 Å². The Balaban J connectivity index is 1.57. The molecule has 0 saturated carbocycles. The predicted molar refractivity (Wildman–Crippen MR) is 99.9 cm³/mol. The molecule has 0 unspecified atom stereocenters. The van der Waals surface area contributed by atoms with Crippen LogP contribution in [-0.2, 0) is 6.42 Å². The first kappa shape index (κ1) is 17.5. The van der Waals surface area contributed by atoms with Crippen molar-refractivity contribution in [3.8, 4) is 0 Å². The van der Waals surface area contributed by atoms with Crippen molar-refractivity contribution < 1.29 is 4.79 Å². The molecular weight excluding hydrogens is 312 g/mol. The standard InChI is InChI=1S/C21H26N2O2/c1-15-14-19(24)20(16(2)22-15)21(25)23-12-10-18(11-13-23)9-8-17-6-4-3-5-7-17/h3-7,14,18H,8-13H2,1-2H3,(H,22,24). The molecule has 0 aliphatic carbocycles. The highest BCUT2D eigenvalue weighted by molar-refractivity contribution is 5.95. The lowest BCUT2D eigenvalue weighted by Crippen LogP contribution is -2.41. The van der Waals surface area contributed by atoms with Gasteiger partial charge in [-0.1, -0.05) is 30.3 Å².